The number of carbonyl (C=O) groups excluding carboxylic acids is 2. The predicted octanol–water partition coefficient (Wildman–Crippen LogP) is 4.38. The molecular formula is C19H17ClFN3O2S. The molecule has 140 valence electrons. The zero-order valence-corrected chi connectivity index (χ0v) is 16.3. The topological polar surface area (TPSA) is 61.8 Å². The zero-order chi connectivity index (χ0) is 19.6. The molecule has 1 saturated heterocycles. The Balaban J connectivity index is 1.67. The number of amidine groups is 1. The van der Waals surface area contributed by atoms with Crippen LogP contribution >= 0.6 is 23.4 Å². The molecule has 1 N–H and O–H groups in total. The van der Waals surface area contributed by atoms with Crippen molar-refractivity contribution in [3.8, 4) is 0 Å². The smallest absolute Gasteiger partial charge is 0.242 e. The highest BCUT2D eigenvalue weighted by Crippen LogP contribution is 2.31. The van der Waals surface area contributed by atoms with Crippen molar-refractivity contribution in [2.45, 2.75) is 18.6 Å². The van der Waals surface area contributed by atoms with Crippen LogP contribution in [0.3, 0.4) is 0 Å². The molecule has 3 rings (SSSR count). The number of hydrogen-bond acceptors (Lipinski definition) is 4. The molecule has 0 aromatic heterocycles. The predicted molar refractivity (Wildman–Crippen MR) is 107 cm³/mol. The summed E-state index contributed by atoms with van der Waals surface area (Å²) in [5.74, 6) is -0.982. The van der Waals surface area contributed by atoms with E-state index in [0.29, 0.717) is 16.5 Å². The van der Waals surface area contributed by atoms with E-state index in [0.717, 1.165) is 5.56 Å². The first-order chi connectivity index (χ1) is 12.8. The van der Waals surface area contributed by atoms with Gasteiger partial charge in [0.1, 0.15) is 11.1 Å². The number of nitrogens with zero attached hydrogens (tertiary/aromatic N) is 2. The van der Waals surface area contributed by atoms with Gasteiger partial charge in [-0.3, -0.25) is 14.5 Å². The fourth-order valence-electron chi connectivity index (χ4n) is 2.48. The highest BCUT2D eigenvalue weighted by molar-refractivity contribution is 8.15. The summed E-state index contributed by atoms with van der Waals surface area (Å²) in [6.45, 7) is 1.96. The van der Waals surface area contributed by atoms with Gasteiger partial charge in [-0.05, 0) is 37.3 Å². The molecule has 1 aliphatic rings. The minimum atomic E-state index is -0.560. The number of aliphatic imine (C=N–C) groups is 1. The molecule has 1 fully saturated rings. The Kier molecular flexibility index (Phi) is 5.82. The second-order valence-electron chi connectivity index (χ2n) is 6.11. The molecule has 8 heteroatoms. The molecule has 1 heterocycles. The normalized spacial score (nSPS) is 18.2. The van der Waals surface area contributed by atoms with E-state index >= 15 is 0 Å². The van der Waals surface area contributed by atoms with Gasteiger partial charge < -0.3 is 5.32 Å². The first-order valence-corrected chi connectivity index (χ1v) is 9.44. The van der Waals surface area contributed by atoms with E-state index in [-0.39, 0.29) is 23.3 Å². The second-order valence-corrected chi connectivity index (χ2v) is 7.69. The van der Waals surface area contributed by atoms with Crippen LogP contribution in [0.2, 0.25) is 5.02 Å². The number of benzene rings is 2. The fourth-order valence-corrected chi connectivity index (χ4v) is 3.81. The van der Waals surface area contributed by atoms with E-state index < -0.39 is 11.1 Å². The molecular weight excluding hydrogens is 389 g/mol. The molecule has 2 aromatic rings. The van der Waals surface area contributed by atoms with Crippen molar-refractivity contribution < 1.29 is 14.0 Å². The number of anilines is 1. The molecule has 0 aliphatic carbocycles. The summed E-state index contributed by atoms with van der Waals surface area (Å²) in [6, 6.07) is 11.5. The van der Waals surface area contributed by atoms with Crippen LogP contribution in [-0.4, -0.2) is 34.2 Å². The Hall–Kier alpha value is -2.38. The van der Waals surface area contributed by atoms with Gasteiger partial charge in [-0.25, -0.2) is 9.38 Å². The van der Waals surface area contributed by atoms with Crippen molar-refractivity contribution in [3.05, 3.63) is 58.9 Å². The lowest BCUT2D eigenvalue weighted by Gasteiger charge is -2.09. The van der Waals surface area contributed by atoms with Crippen molar-refractivity contribution in [1.29, 1.82) is 0 Å². The van der Waals surface area contributed by atoms with Crippen LogP contribution < -0.4 is 5.32 Å². The van der Waals surface area contributed by atoms with Crippen molar-refractivity contribution >= 4 is 51.7 Å². The van der Waals surface area contributed by atoms with Crippen LogP contribution in [0, 0.1) is 12.7 Å². The molecule has 5 nitrogen and oxygen atoms in total. The molecule has 0 spiro atoms. The molecule has 1 aliphatic heterocycles. The van der Waals surface area contributed by atoms with Crippen LogP contribution in [0.1, 0.15) is 12.0 Å². The highest BCUT2D eigenvalue weighted by atomic mass is 35.5. The van der Waals surface area contributed by atoms with E-state index in [2.05, 4.69) is 10.3 Å². The van der Waals surface area contributed by atoms with E-state index in [9.17, 15) is 14.0 Å². The summed E-state index contributed by atoms with van der Waals surface area (Å²) in [5, 5.41) is 2.63. The summed E-state index contributed by atoms with van der Waals surface area (Å²) in [5.41, 5.74) is 2.22. The Bertz CT molecular complexity index is 918. The third kappa shape index (κ3) is 4.67. The lowest BCUT2D eigenvalue weighted by atomic mass is 10.2. The van der Waals surface area contributed by atoms with Crippen LogP contribution in [0.15, 0.2) is 47.5 Å². The lowest BCUT2D eigenvalue weighted by Crippen LogP contribution is -2.30. The van der Waals surface area contributed by atoms with E-state index in [4.69, 9.17) is 11.6 Å². The molecule has 0 saturated carbocycles. The van der Waals surface area contributed by atoms with Gasteiger partial charge in [0.15, 0.2) is 5.17 Å². The van der Waals surface area contributed by atoms with Crippen LogP contribution in [-0.2, 0) is 9.59 Å². The van der Waals surface area contributed by atoms with Gasteiger partial charge in [0.2, 0.25) is 11.8 Å². The quantitative estimate of drug-likeness (QED) is 0.821. The van der Waals surface area contributed by atoms with Gasteiger partial charge in [-0.2, -0.15) is 0 Å². The Morgan fingerprint density at radius 2 is 2.00 bits per heavy atom. The minimum Gasteiger partial charge on any atom is -0.326 e. The van der Waals surface area contributed by atoms with Crippen LogP contribution in [0.4, 0.5) is 15.8 Å². The minimum absolute atomic E-state index is 0.0326. The van der Waals surface area contributed by atoms with E-state index in [1.54, 1.807) is 7.05 Å². The van der Waals surface area contributed by atoms with Gasteiger partial charge >= 0.3 is 0 Å². The van der Waals surface area contributed by atoms with Gasteiger partial charge in [0.05, 0.1) is 10.7 Å². The second kappa shape index (κ2) is 8.10. The molecule has 2 aromatic carbocycles. The maximum Gasteiger partial charge on any atom is 0.242 e. The summed E-state index contributed by atoms with van der Waals surface area (Å²) in [4.78, 5) is 30.4. The molecule has 1 atom stereocenters. The number of amides is 2. The number of thioether (sulfide) groups is 1. The number of hydrogen-bond donors (Lipinski definition) is 1. The SMILES string of the molecule is Cc1ccc(NC(=O)C[C@H]2SC(=Nc3ccc(F)c(Cl)c3)N(C)C2=O)cc1. The molecule has 27 heavy (non-hydrogen) atoms. The van der Waals surface area contributed by atoms with E-state index in [1.165, 1.54) is 34.9 Å². The third-order valence-corrected chi connectivity index (χ3v) is 5.49. The average molecular weight is 406 g/mol. The Morgan fingerprint density at radius 3 is 2.67 bits per heavy atom. The third-order valence-electron chi connectivity index (χ3n) is 3.97. The summed E-state index contributed by atoms with van der Waals surface area (Å²) >= 11 is 6.97. The number of carbonyl (C=O) groups is 2. The van der Waals surface area contributed by atoms with E-state index in [1.807, 2.05) is 31.2 Å². The van der Waals surface area contributed by atoms with Crippen molar-refractivity contribution in [1.82, 2.24) is 4.90 Å². The van der Waals surface area contributed by atoms with Crippen molar-refractivity contribution in [2.75, 3.05) is 12.4 Å². The monoisotopic (exact) mass is 405 g/mol. The molecule has 0 unspecified atom stereocenters. The summed E-state index contributed by atoms with van der Waals surface area (Å²) < 4.78 is 13.3. The first kappa shape index (κ1) is 19.4. The number of halogens is 2. The molecule has 2 amide bonds. The highest BCUT2D eigenvalue weighted by Gasteiger charge is 2.37. The molecule has 0 radical (unpaired) electrons. The van der Waals surface area contributed by atoms with Crippen LogP contribution in [0.5, 0.6) is 0 Å². The summed E-state index contributed by atoms with van der Waals surface area (Å²) in [7, 11) is 1.59. The Morgan fingerprint density at radius 1 is 1.30 bits per heavy atom. The largest absolute Gasteiger partial charge is 0.326 e. The number of nitrogens with one attached hydrogen (secondary N) is 1. The van der Waals surface area contributed by atoms with Gasteiger partial charge in [0.25, 0.3) is 0 Å². The average Bonchev–Trinajstić information content (AvgIpc) is 2.88. The first-order valence-electron chi connectivity index (χ1n) is 8.18. The lowest BCUT2D eigenvalue weighted by molar-refractivity contribution is -0.127. The summed E-state index contributed by atoms with van der Waals surface area (Å²) in [6.07, 6.45) is 0.0326. The molecule has 0 bridgehead atoms. The van der Waals surface area contributed by atoms with Gasteiger partial charge in [-0.1, -0.05) is 41.1 Å². The fraction of sp³-hybridized carbons (Fsp3) is 0.211. The van der Waals surface area contributed by atoms with Crippen molar-refractivity contribution in [2.24, 2.45) is 4.99 Å². The maximum atomic E-state index is 13.3. The zero-order valence-electron chi connectivity index (χ0n) is 14.7. The Labute approximate surface area is 165 Å². The van der Waals surface area contributed by atoms with Crippen LogP contribution in [0.25, 0.3) is 0 Å². The number of rotatable bonds is 4. The standard InChI is InChI=1S/C19H17ClFN3O2S/c1-11-3-5-12(6-4-11)22-17(25)10-16-18(26)24(2)19(27-16)23-13-7-8-15(21)14(20)9-13/h3-9,16H,10H2,1-2H3,(H,22,25)/t16-/m1/s1. The van der Waals surface area contributed by atoms with Gasteiger partial charge in [0, 0.05) is 19.2 Å². The van der Waals surface area contributed by atoms with Crippen molar-refractivity contribution in [3.63, 3.8) is 0 Å². The maximum absolute atomic E-state index is 13.3. The number of aryl methyl sites for hydroxylation is 1. The van der Waals surface area contributed by atoms with Gasteiger partial charge in [-0.15, -0.1) is 0 Å².